The van der Waals surface area contributed by atoms with E-state index in [1.165, 1.54) is 6.42 Å². The Bertz CT molecular complexity index is 263. The van der Waals surface area contributed by atoms with Crippen LogP contribution in [-0.4, -0.2) is 47.3 Å². The van der Waals surface area contributed by atoms with Gasteiger partial charge in [0, 0.05) is 13.2 Å². The third kappa shape index (κ3) is 2.23. The van der Waals surface area contributed by atoms with E-state index in [1.54, 1.807) is 0 Å². The van der Waals surface area contributed by atoms with Crippen LogP contribution in [0, 0.1) is 0 Å². The van der Waals surface area contributed by atoms with Crippen molar-refractivity contribution in [3.8, 4) is 0 Å². The summed E-state index contributed by atoms with van der Waals surface area (Å²) in [5.41, 5.74) is -0.666. The zero-order valence-electron chi connectivity index (χ0n) is 9.95. The number of aliphatic carboxylic acids is 1. The van der Waals surface area contributed by atoms with Crippen LogP contribution < -0.4 is 0 Å². The third-order valence-electron chi connectivity index (χ3n) is 3.95. The Morgan fingerprint density at radius 2 is 2.31 bits per heavy atom. The summed E-state index contributed by atoms with van der Waals surface area (Å²) in [7, 11) is 0. The number of ether oxygens (including phenoxy) is 1. The standard InChI is InChI=1S/C12H21NO3/c1-12(11(14)15)6-4-7-13(12)9-10-5-2-3-8-16-10/h10H,2-9H2,1H3,(H,14,15). The number of rotatable bonds is 3. The first kappa shape index (κ1) is 11.9. The summed E-state index contributed by atoms with van der Waals surface area (Å²) < 4.78 is 5.68. The smallest absolute Gasteiger partial charge is 0.323 e. The molecule has 0 aromatic heterocycles. The summed E-state index contributed by atoms with van der Waals surface area (Å²) in [4.78, 5) is 13.4. The molecule has 2 aliphatic heterocycles. The predicted octanol–water partition coefficient (Wildman–Crippen LogP) is 1.49. The molecule has 4 heteroatoms. The number of carboxylic acid groups (broad SMARTS) is 1. The SMILES string of the molecule is CC1(C(=O)O)CCCN1CC1CCCCO1. The van der Waals surface area contributed by atoms with Gasteiger partial charge in [-0.1, -0.05) is 0 Å². The maximum Gasteiger partial charge on any atom is 0.323 e. The molecule has 0 aromatic rings. The second-order valence-corrected chi connectivity index (χ2v) is 5.12. The number of carboxylic acids is 1. The second-order valence-electron chi connectivity index (χ2n) is 5.12. The molecule has 2 atom stereocenters. The van der Waals surface area contributed by atoms with E-state index in [0.717, 1.165) is 45.4 Å². The summed E-state index contributed by atoms with van der Waals surface area (Å²) in [6.45, 7) is 4.35. The summed E-state index contributed by atoms with van der Waals surface area (Å²) in [6.07, 6.45) is 5.41. The Balaban J connectivity index is 1.95. The predicted molar refractivity (Wildman–Crippen MR) is 60.4 cm³/mol. The van der Waals surface area contributed by atoms with Crippen molar-refractivity contribution in [3.05, 3.63) is 0 Å². The van der Waals surface area contributed by atoms with Gasteiger partial charge in [0.25, 0.3) is 0 Å². The Morgan fingerprint density at radius 1 is 1.50 bits per heavy atom. The molecule has 0 bridgehead atoms. The molecule has 0 saturated carbocycles. The minimum absolute atomic E-state index is 0.241. The average Bonchev–Trinajstić information content (AvgIpc) is 2.63. The van der Waals surface area contributed by atoms with E-state index in [1.807, 2.05) is 6.92 Å². The van der Waals surface area contributed by atoms with Crippen molar-refractivity contribution in [1.29, 1.82) is 0 Å². The molecule has 0 aromatic carbocycles. The van der Waals surface area contributed by atoms with Crippen LogP contribution in [0.15, 0.2) is 0 Å². The van der Waals surface area contributed by atoms with Gasteiger partial charge in [-0.15, -0.1) is 0 Å². The lowest BCUT2D eigenvalue weighted by atomic mass is 9.98. The quantitative estimate of drug-likeness (QED) is 0.793. The van der Waals surface area contributed by atoms with E-state index in [9.17, 15) is 9.90 Å². The van der Waals surface area contributed by atoms with Crippen molar-refractivity contribution in [2.45, 2.75) is 50.7 Å². The number of carbonyl (C=O) groups is 1. The highest BCUT2D eigenvalue weighted by Gasteiger charge is 2.44. The third-order valence-corrected chi connectivity index (χ3v) is 3.95. The highest BCUT2D eigenvalue weighted by Crippen LogP contribution is 2.30. The minimum atomic E-state index is -0.694. The lowest BCUT2D eigenvalue weighted by Crippen LogP contribution is -2.51. The molecule has 1 N–H and O–H groups in total. The van der Waals surface area contributed by atoms with Crippen LogP contribution in [-0.2, 0) is 9.53 Å². The summed E-state index contributed by atoms with van der Waals surface area (Å²) in [5.74, 6) is -0.694. The molecular formula is C12H21NO3. The lowest BCUT2D eigenvalue weighted by molar-refractivity contribution is -0.149. The van der Waals surface area contributed by atoms with E-state index in [-0.39, 0.29) is 6.10 Å². The first-order valence-electron chi connectivity index (χ1n) is 6.23. The van der Waals surface area contributed by atoms with E-state index >= 15 is 0 Å². The molecule has 2 heterocycles. The molecule has 0 spiro atoms. The van der Waals surface area contributed by atoms with Crippen LogP contribution in [0.1, 0.15) is 39.0 Å². The molecular weight excluding hydrogens is 206 g/mol. The monoisotopic (exact) mass is 227 g/mol. The van der Waals surface area contributed by atoms with Gasteiger partial charge in [-0.3, -0.25) is 9.69 Å². The Morgan fingerprint density at radius 3 is 2.94 bits per heavy atom. The van der Waals surface area contributed by atoms with Gasteiger partial charge >= 0.3 is 5.97 Å². The van der Waals surface area contributed by atoms with Gasteiger partial charge in [0.05, 0.1) is 6.10 Å². The van der Waals surface area contributed by atoms with Crippen LogP contribution in [0.4, 0.5) is 0 Å². The Hall–Kier alpha value is -0.610. The molecule has 0 radical (unpaired) electrons. The van der Waals surface area contributed by atoms with Crippen LogP contribution in [0.25, 0.3) is 0 Å². The zero-order valence-corrected chi connectivity index (χ0v) is 9.95. The van der Waals surface area contributed by atoms with Crippen LogP contribution >= 0.6 is 0 Å². The normalized spacial score (nSPS) is 36.4. The van der Waals surface area contributed by atoms with Gasteiger partial charge in [0.2, 0.25) is 0 Å². The van der Waals surface area contributed by atoms with Gasteiger partial charge in [-0.05, 0) is 45.6 Å². The molecule has 2 unspecified atom stereocenters. The molecule has 2 aliphatic rings. The Labute approximate surface area is 96.6 Å². The number of likely N-dealkylation sites (tertiary alicyclic amines) is 1. The fraction of sp³-hybridized carbons (Fsp3) is 0.917. The van der Waals surface area contributed by atoms with Gasteiger partial charge in [-0.25, -0.2) is 0 Å². The Kier molecular flexibility index (Phi) is 3.50. The molecule has 0 amide bonds. The largest absolute Gasteiger partial charge is 0.480 e. The minimum Gasteiger partial charge on any atom is -0.480 e. The molecule has 92 valence electrons. The van der Waals surface area contributed by atoms with Crippen molar-refractivity contribution < 1.29 is 14.6 Å². The highest BCUT2D eigenvalue weighted by molar-refractivity contribution is 5.78. The van der Waals surface area contributed by atoms with Crippen molar-refractivity contribution >= 4 is 5.97 Å². The van der Waals surface area contributed by atoms with Crippen LogP contribution in [0.3, 0.4) is 0 Å². The zero-order chi connectivity index (χ0) is 11.6. The first-order chi connectivity index (χ1) is 7.63. The molecule has 0 aliphatic carbocycles. The fourth-order valence-corrected chi connectivity index (χ4v) is 2.75. The topological polar surface area (TPSA) is 49.8 Å². The van der Waals surface area contributed by atoms with Gasteiger partial charge in [0.1, 0.15) is 5.54 Å². The molecule has 2 fully saturated rings. The average molecular weight is 227 g/mol. The van der Waals surface area contributed by atoms with Crippen molar-refractivity contribution in [1.82, 2.24) is 4.90 Å². The summed E-state index contributed by atoms with van der Waals surface area (Å²) in [5, 5.41) is 9.29. The van der Waals surface area contributed by atoms with E-state index in [0.29, 0.717) is 0 Å². The number of nitrogens with zero attached hydrogens (tertiary/aromatic N) is 1. The number of hydrogen-bond acceptors (Lipinski definition) is 3. The van der Waals surface area contributed by atoms with Crippen LogP contribution in [0.2, 0.25) is 0 Å². The van der Waals surface area contributed by atoms with Gasteiger partial charge in [-0.2, -0.15) is 0 Å². The molecule has 2 saturated heterocycles. The van der Waals surface area contributed by atoms with E-state index < -0.39 is 11.5 Å². The second kappa shape index (κ2) is 4.72. The van der Waals surface area contributed by atoms with E-state index in [2.05, 4.69) is 4.90 Å². The molecule has 2 rings (SSSR count). The van der Waals surface area contributed by atoms with Crippen molar-refractivity contribution in [3.63, 3.8) is 0 Å². The highest BCUT2D eigenvalue weighted by atomic mass is 16.5. The number of hydrogen-bond donors (Lipinski definition) is 1. The van der Waals surface area contributed by atoms with Crippen LogP contribution in [0.5, 0.6) is 0 Å². The van der Waals surface area contributed by atoms with Gasteiger partial charge < -0.3 is 9.84 Å². The maximum atomic E-state index is 11.3. The first-order valence-corrected chi connectivity index (χ1v) is 6.23. The fourth-order valence-electron chi connectivity index (χ4n) is 2.75. The van der Waals surface area contributed by atoms with Gasteiger partial charge in [0.15, 0.2) is 0 Å². The maximum absolute atomic E-state index is 11.3. The van der Waals surface area contributed by atoms with Crippen molar-refractivity contribution in [2.24, 2.45) is 0 Å². The van der Waals surface area contributed by atoms with Crippen molar-refractivity contribution in [2.75, 3.05) is 19.7 Å². The lowest BCUT2D eigenvalue weighted by Gasteiger charge is -2.35. The molecule has 16 heavy (non-hydrogen) atoms. The summed E-state index contributed by atoms with van der Waals surface area (Å²) in [6, 6.07) is 0. The molecule has 4 nitrogen and oxygen atoms in total. The summed E-state index contributed by atoms with van der Waals surface area (Å²) >= 11 is 0. The van der Waals surface area contributed by atoms with E-state index in [4.69, 9.17) is 4.74 Å².